The SMILES string of the molecule is CC(C)=CCC(=O)O[C@@H]1[C@@H](OC(=O)CC=C(C)C)[C@@H]2OC3(CCCCC3)O[C@H]2[C@@H]2OC3(CCCCC3)O[C@H]12. The average molecular weight is 533 g/mol. The molecule has 2 heterocycles. The summed E-state index contributed by atoms with van der Waals surface area (Å²) in [6, 6.07) is 0. The summed E-state index contributed by atoms with van der Waals surface area (Å²) in [7, 11) is 0. The molecule has 5 aliphatic rings. The van der Waals surface area contributed by atoms with Gasteiger partial charge in [-0.3, -0.25) is 9.59 Å². The highest BCUT2D eigenvalue weighted by Gasteiger charge is 2.68. The van der Waals surface area contributed by atoms with Gasteiger partial charge in [-0.25, -0.2) is 0 Å². The molecule has 6 atom stereocenters. The zero-order valence-electron chi connectivity index (χ0n) is 23.4. The van der Waals surface area contributed by atoms with Crippen LogP contribution in [0.1, 0.15) is 105 Å². The molecule has 2 saturated heterocycles. The number of carbonyl (C=O) groups is 2. The van der Waals surface area contributed by atoms with Crippen molar-refractivity contribution in [2.24, 2.45) is 0 Å². The van der Waals surface area contributed by atoms with E-state index < -0.39 is 60.1 Å². The van der Waals surface area contributed by atoms with E-state index in [4.69, 9.17) is 28.4 Å². The van der Waals surface area contributed by atoms with Crippen LogP contribution < -0.4 is 0 Å². The topological polar surface area (TPSA) is 89.5 Å². The first-order valence-electron chi connectivity index (χ1n) is 14.6. The van der Waals surface area contributed by atoms with E-state index in [-0.39, 0.29) is 12.8 Å². The van der Waals surface area contributed by atoms with Crippen LogP contribution in [0.4, 0.5) is 0 Å². The molecule has 2 spiro atoms. The molecule has 0 bridgehead atoms. The van der Waals surface area contributed by atoms with Gasteiger partial charge in [0.05, 0.1) is 12.8 Å². The van der Waals surface area contributed by atoms with Crippen LogP contribution in [0.3, 0.4) is 0 Å². The Balaban J connectivity index is 1.47. The molecule has 3 saturated carbocycles. The molecule has 8 nitrogen and oxygen atoms in total. The molecule has 3 aliphatic carbocycles. The molecule has 0 aromatic rings. The van der Waals surface area contributed by atoms with Gasteiger partial charge in [0.2, 0.25) is 0 Å². The van der Waals surface area contributed by atoms with Gasteiger partial charge < -0.3 is 28.4 Å². The fourth-order valence-corrected chi connectivity index (χ4v) is 6.60. The summed E-state index contributed by atoms with van der Waals surface area (Å²) >= 11 is 0. The molecule has 0 aromatic carbocycles. The minimum absolute atomic E-state index is 0.135. The minimum Gasteiger partial charge on any atom is -0.455 e. The molecule has 38 heavy (non-hydrogen) atoms. The second kappa shape index (κ2) is 11.4. The molecule has 0 amide bonds. The highest BCUT2D eigenvalue weighted by Crippen LogP contribution is 2.52. The van der Waals surface area contributed by atoms with E-state index in [1.807, 2.05) is 39.8 Å². The van der Waals surface area contributed by atoms with E-state index in [2.05, 4.69) is 0 Å². The Kier molecular flexibility index (Phi) is 8.34. The van der Waals surface area contributed by atoms with Crippen molar-refractivity contribution in [1.29, 1.82) is 0 Å². The fraction of sp³-hybridized carbons (Fsp3) is 0.800. The number of carbonyl (C=O) groups excluding carboxylic acids is 2. The summed E-state index contributed by atoms with van der Waals surface area (Å²) in [4.78, 5) is 26.0. The molecule has 5 rings (SSSR count). The Hall–Kier alpha value is -1.74. The number of ether oxygens (including phenoxy) is 6. The highest BCUT2D eigenvalue weighted by molar-refractivity contribution is 5.73. The maximum absolute atomic E-state index is 13.0. The van der Waals surface area contributed by atoms with E-state index in [1.54, 1.807) is 0 Å². The van der Waals surface area contributed by atoms with Crippen LogP contribution in [0.15, 0.2) is 23.3 Å². The molecule has 0 aromatic heterocycles. The summed E-state index contributed by atoms with van der Waals surface area (Å²) in [6.07, 6.45) is 9.59. The van der Waals surface area contributed by atoms with Crippen LogP contribution >= 0.6 is 0 Å². The number of hydrogen-bond donors (Lipinski definition) is 0. The van der Waals surface area contributed by atoms with Crippen molar-refractivity contribution in [2.45, 2.75) is 153 Å². The standard InChI is InChI=1S/C30H44O8/c1-19(2)11-13-21(31)33-23-24(34-22(32)14-12-20(3)4)26-28(38-30(36-26)17-9-6-10-18-30)27-25(23)35-29(37-27)15-7-5-8-16-29/h11-12,23-28H,5-10,13-18H2,1-4H3/t23-,24-,25-,26+,27-,28-/m1/s1. The first-order chi connectivity index (χ1) is 18.2. The summed E-state index contributed by atoms with van der Waals surface area (Å²) in [5, 5.41) is 0. The lowest BCUT2D eigenvalue weighted by molar-refractivity contribution is -0.229. The van der Waals surface area contributed by atoms with Gasteiger partial charge in [0.25, 0.3) is 0 Å². The van der Waals surface area contributed by atoms with Crippen molar-refractivity contribution in [3.05, 3.63) is 23.3 Å². The number of fused-ring (bicyclic) bond motifs is 3. The third-order valence-corrected chi connectivity index (χ3v) is 8.47. The van der Waals surface area contributed by atoms with Crippen molar-refractivity contribution >= 4 is 11.9 Å². The smallest absolute Gasteiger partial charge is 0.310 e. The van der Waals surface area contributed by atoms with Gasteiger partial charge in [0, 0.05) is 25.7 Å². The zero-order chi connectivity index (χ0) is 26.9. The van der Waals surface area contributed by atoms with E-state index in [0.29, 0.717) is 0 Å². The van der Waals surface area contributed by atoms with E-state index in [1.165, 1.54) is 0 Å². The zero-order valence-corrected chi connectivity index (χ0v) is 23.4. The molecular formula is C30H44O8. The Bertz CT molecular complexity index is 858. The Morgan fingerprint density at radius 2 is 0.947 bits per heavy atom. The van der Waals surface area contributed by atoms with Gasteiger partial charge in [-0.2, -0.15) is 0 Å². The van der Waals surface area contributed by atoms with E-state index in [0.717, 1.165) is 75.4 Å². The van der Waals surface area contributed by atoms with Crippen molar-refractivity contribution in [3.8, 4) is 0 Å². The monoisotopic (exact) mass is 532 g/mol. The third kappa shape index (κ3) is 5.88. The lowest BCUT2D eigenvalue weighted by Gasteiger charge is -2.41. The van der Waals surface area contributed by atoms with Gasteiger partial charge in [0.1, 0.15) is 24.4 Å². The second-order valence-electron chi connectivity index (χ2n) is 12.2. The molecule has 0 radical (unpaired) electrons. The average Bonchev–Trinajstić information content (AvgIpc) is 3.43. The maximum Gasteiger partial charge on any atom is 0.310 e. The second-order valence-corrected chi connectivity index (χ2v) is 12.2. The molecule has 0 N–H and O–H groups in total. The van der Waals surface area contributed by atoms with Crippen molar-refractivity contribution in [3.63, 3.8) is 0 Å². The lowest BCUT2D eigenvalue weighted by atomic mass is 9.84. The minimum atomic E-state index is -0.849. The van der Waals surface area contributed by atoms with Crippen LogP contribution in [0, 0.1) is 0 Å². The Labute approximate surface area is 226 Å². The Morgan fingerprint density at radius 1 is 0.605 bits per heavy atom. The lowest BCUT2D eigenvalue weighted by Crippen LogP contribution is -2.63. The largest absolute Gasteiger partial charge is 0.455 e. The highest BCUT2D eigenvalue weighted by atomic mass is 16.8. The number of hydrogen-bond acceptors (Lipinski definition) is 8. The number of esters is 2. The maximum atomic E-state index is 13.0. The number of allylic oxidation sites excluding steroid dienone is 2. The van der Waals surface area contributed by atoms with Crippen LogP contribution in [0.2, 0.25) is 0 Å². The van der Waals surface area contributed by atoms with Gasteiger partial charge in [0.15, 0.2) is 23.8 Å². The van der Waals surface area contributed by atoms with Gasteiger partial charge in [-0.1, -0.05) is 36.1 Å². The quantitative estimate of drug-likeness (QED) is 0.331. The van der Waals surface area contributed by atoms with Gasteiger partial charge in [-0.05, 0) is 53.4 Å². The molecule has 0 unspecified atom stereocenters. The van der Waals surface area contributed by atoms with E-state index in [9.17, 15) is 9.59 Å². The summed E-state index contributed by atoms with van der Waals surface area (Å²) < 4.78 is 38.9. The molecule has 212 valence electrons. The van der Waals surface area contributed by atoms with Crippen molar-refractivity contribution < 1.29 is 38.0 Å². The summed E-state index contributed by atoms with van der Waals surface area (Å²) in [6.45, 7) is 7.76. The molecule has 5 fully saturated rings. The molecule has 2 aliphatic heterocycles. The normalized spacial score (nSPS) is 34.7. The predicted molar refractivity (Wildman–Crippen MR) is 139 cm³/mol. The Morgan fingerprint density at radius 3 is 1.29 bits per heavy atom. The summed E-state index contributed by atoms with van der Waals surface area (Å²) in [5.41, 5.74) is 2.06. The van der Waals surface area contributed by atoms with Gasteiger partial charge in [-0.15, -0.1) is 0 Å². The first-order valence-corrected chi connectivity index (χ1v) is 14.6. The first kappa shape index (κ1) is 27.8. The van der Waals surface area contributed by atoms with E-state index >= 15 is 0 Å². The van der Waals surface area contributed by atoms with Crippen LogP contribution in [0.5, 0.6) is 0 Å². The van der Waals surface area contributed by atoms with Gasteiger partial charge >= 0.3 is 11.9 Å². The third-order valence-electron chi connectivity index (χ3n) is 8.47. The summed E-state index contributed by atoms with van der Waals surface area (Å²) in [5.74, 6) is -2.23. The van der Waals surface area contributed by atoms with Crippen LogP contribution in [-0.2, 0) is 38.0 Å². The van der Waals surface area contributed by atoms with Crippen molar-refractivity contribution in [2.75, 3.05) is 0 Å². The number of rotatable bonds is 6. The van der Waals surface area contributed by atoms with Crippen LogP contribution in [-0.4, -0.2) is 60.1 Å². The fourth-order valence-electron chi connectivity index (χ4n) is 6.60. The molecular weight excluding hydrogens is 488 g/mol. The van der Waals surface area contributed by atoms with Crippen LogP contribution in [0.25, 0.3) is 0 Å². The van der Waals surface area contributed by atoms with Crippen molar-refractivity contribution in [1.82, 2.24) is 0 Å². The molecule has 8 heteroatoms. The predicted octanol–water partition coefficient (Wildman–Crippen LogP) is 5.43.